The van der Waals surface area contributed by atoms with Crippen LogP contribution in [0.25, 0.3) is 0 Å². The summed E-state index contributed by atoms with van der Waals surface area (Å²) in [5.74, 6) is -0.553. The molecule has 1 saturated carbocycles. The van der Waals surface area contributed by atoms with Crippen molar-refractivity contribution in [1.29, 1.82) is 0 Å². The van der Waals surface area contributed by atoms with Gasteiger partial charge in [0.1, 0.15) is 24.2 Å². The number of ether oxygens (including phenoxy) is 2. The van der Waals surface area contributed by atoms with Gasteiger partial charge in [-0.15, -0.1) is 0 Å². The lowest BCUT2D eigenvalue weighted by Crippen LogP contribution is -2.33. The Balaban J connectivity index is 2.10. The number of carbonyl (C=O) groups excluding carboxylic acids is 2. The van der Waals surface area contributed by atoms with Crippen molar-refractivity contribution in [3.8, 4) is 0 Å². The number of methoxy groups -OCH3 is 1. The van der Waals surface area contributed by atoms with Gasteiger partial charge in [0.2, 0.25) is 0 Å². The van der Waals surface area contributed by atoms with Crippen molar-refractivity contribution in [3.63, 3.8) is 0 Å². The molecule has 0 aromatic carbocycles. The highest BCUT2D eigenvalue weighted by molar-refractivity contribution is 5.84. The monoisotopic (exact) mass is 476 g/mol. The summed E-state index contributed by atoms with van der Waals surface area (Å²) in [4.78, 5) is 25.6. The molecule has 0 N–H and O–H groups in total. The molecule has 192 valence electrons. The quantitative estimate of drug-likeness (QED) is 0.224. The molecule has 34 heavy (non-hydrogen) atoms. The second-order valence-corrected chi connectivity index (χ2v) is 10.2. The highest BCUT2D eigenvalue weighted by Crippen LogP contribution is 2.28. The molecule has 1 aliphatic carbocycles. The fraction of sp³-hybridized carbons (Fsp3) is 0.724. The number of esters is 1. The first-order valence-corrected chi connectivity index (χ1v) is 13.2. The third-order valence-corrected chi connectivity index (χ3v) is 7.36. The minimum atomic E-state index is -1.24. The number of halogens is 1. The SMILES string of the molecule is COC1/C=C/CC/C=C/C(=O)OC([C@H](C)C(=O)CCCC2CCCCCC2)/C(C)=C\[C@@H](C)[C@@H]1F. The summed E-state index contributed by atoms with van der Waals surface area (Å²) in [5, 5.41) is 0. The molecule has 1 aliphatic heterocycles. The van der Waals surface area contributed by atoms with Gasteiger partial charge in [0.15, 0.2) is 0 Å². The smallest absolute Gasteiger partial charge is 0.331 e. The van der Waals surface area contributed by atoms with Gasteiger partial charge in [-0.25, -0.2) is 9.18 Å². The molecule has 0 spiro atoms. The topological polar surface area (TPSA) is 52.6 Å². The Bertz CT molecular complexity index is 718. The first kappa shape index (κ1) is 28.5. The van der Waals surface area contributed by atoms with Crippen LogP contribution in [-0.4, -0.2) is 37.2 Å². The van der Waals surface area contributed by atoms with Crippen LogP contribution in [0.15, 0.2) is 36.0 Å². The van der Waals surface area contributed by atoms with Crippen molar-refractivity contribution in [2.24, 2.45) is 17.8 Å². The van der Waals surface area contributed by atoms with E-state index in [1.807, 2.05) is 19.9 Å². The van der Waals surface area contributed by atoms with Crippen molar-refractivity contribution in [1.82, 2.24) is 0 Å². The molecule has 2 unspecified atom stereocenters. The van der Waals surface area contributed by atoms with Crippen LogP contribution in [-0.2, 0) is 19.1 Å². The minimum Gasteiger partial charge on any atom is -0.454 e. The van der Waals surface area contributed by atoms with E-state index in [0.29, 0.717) is 24.8 Å². The number of hydrogen-bond acceptors (Lipinski definition) is 4. The maximum absolute atomic E-state index is 15.1. The van der Waals surface area contributed by atoms with Gasteiger partial charge in [-0.2, -0.15) is 0 Å². The zero-order valence-corrected chi connectivity index (χ0v) is 21.6. The largest absolute Gasteiger partial charge is 0.454 e. The molecule has 0 aromatic heterocycles. The summed E-state index contributed by atoms with van der Waals surface area (Å²) in [6.07, 6.45) is 17.6. The Labute approximate surface area is 206 Å². The van der Waals surface area contributed by atoms with Crippen LogP contribution in [0.2, 0.25) is 0 Å². The molecule has 2 rings (SSSR count). The average molecular weight is 477 g/mol. The zero-order chi connectivity index (χ0) is 24.9. The lowest BCUT2D eigenvalue weighted by molar-refractivity contribution is -0.145. The summed E-state index contributed by atoms with van der Waals surface area (Å²) in [6.45, 7) is 5.44. The first-order chi connectivity index (χ1) is 16.3. The molecule has 4 nitrogen and oxygen atoms in total. The average Bonchev–Trinajstić information content (AvgIpc) is 3.09. The number of alkyl halides is 1. The summed E-state index contributed by atoms with van der Waals surface area (Å²) < 4.78 is 26.2. The number of hydrogen-bond donors (Lipinski definition) is 0. The summed E-state index contributed by atoms with van der Waals surface area (Å²) in [7, 11) is 1.51. The maximum atomic E-state index is 15.1. The van der Waals surface area contributed by atoms with Gasteiger partial charge in [0, 0.05) is 25.5 Å². The third kappa shape index (κ3) is 9.48. The second kappa shape index (κ2) is 15.3. The normalized spacial score (nSPS) is 32.4. The fourth-order valence-corrected chi connectivity index (χ4v) is 5.19. The molecule has 0 radical (unpaired) electrons. The lowest BCUT2D eigenvalue weighted by Gasteiger charge is -2.26. The standard InChI is InChI=1S/C29H45FO4/c1-21-20-22(2)29(23(3)25(31)17-13-16-24-14-9-5-6-10-15-24)34-27(32)19-12-8-7-11-18-26(33-4)28(21)30/h11-12,18-21,23-24,26,28-29H,5-10,13-17H2,1-4H3/b18-11+,19-12+,22-20-/t21-,23-,26?,28+,29?/m1/s1. The van der Waals surface area contributed by atoms with E-state index in [0.717, 1.165) is 18.8 Å². The molecule has 5 heteroatoms. The predicted octanol–water partition coefficient (Wildman–Crippen LogP) is 7.09. The maximum Gasteiger partial charge on any atom is 0.331 e. The highest BCUT2D eigenvalue weighted by atomic mass is 19.1. The Hall–Kier alpha value is -1.75. The molecule has 1 fully saturated rings. The van der Waals surface area contributed by atoms with Crippen molar-refractivity contribution < 1.29 is 23.5 Å². The number of rotatable bonds is 7. The fourth-order valence-electron chi connectivity index (χ4n) is 5.19. The molecular formula is C29H45FO4. The van der Waals surface area contributed by atoms with E-state index in [4.69, 9.17) is 9.47 Å². The molecule has 0 bridgehead atoms. The lowest BCUT2D eigenvalue weighted by atomic mass is 9.87. The molecule has 0 amide bonds. The van der Waals surface area contributed by atoms with E-state index in [1.54, 1.807) is 25.2 Å². The summed E-state index contributed by atoms with van der Waals surface area (Å²) in [5.41, 5.74) is 0.706. The molecule has 0 saturated heterocycles. The third-order valence-electron chi connectivity index (χ3n) is 7.36. The summed E-state index contributed by atoms with van der Waals surface area (Å²) in [6, 6.07) is 0. The van der Waals surface area contributed by atoms with Gasteiger partial charge in [0.25, 0.3) is 0 Å². The molecular weight excluding hydrogens is 431 g/mol. The number of cyclic esters (lactones) is 1. The van der Waals surface area contributed by atoms with E-state index in [1.165, 1.54) is 51.7 Å². The number of allylic oxidation sites excluding steroid dienone is 3. The Morgan fingerprint density at radius 3 is 2.53 bits per heavy atom. The van der Waals surface area contributed by atoms with Crippen LogP contribution < -0.4 is 0 Å². The summed E-state index contributed by atoms with van der Waals surface area (Å²) >= 11 is 0. The van der Waals surface area contributed by atoms with Gasteiger partial charge in [-0.05, 0) is 37.7 Å². The number of carbonyl (C=O) groups is 2. The van der Waals surface area contributed by atoms with E-state index < -0.39 is 36.2 Å². The minimum absolute atomic E-state index is 0.103. The van der Waals surface area contributed by atoms with Crippen molar-refractivity contribution >= 4 is 11.8 Å². The second-order valence-electron chi connectivity index (χ2n) is 10.2. The van der Waals surface area contributed by atoms with Crippen molar-refractivity contribution in [2.45, 2.75) is 110 Å². The van der Waals surface area contributed by atoms with E-state index in [-0.39, 0.29) is 5.78 Å². The van der Waals surface area contributed by atoms with Crippen molar-refractivity contribution in [3.05, 3.63) is 36.0 Å². The van der Waals surface area contributed by atoms with Crippen LogP contribution >= 0.6 is 0 Å². The van der Waals surface area contributed by atoms with Crippen LogP contribution in [0.4, 0.5) is 4.39 Å². The Kier molecular flexibility index (Phi) is 12.8. The van der Waals surface area contributed by atoms with Gasteiger partial charge in [-0.1, -0.05) is 83.1 Å². The van der Waals surface area contributed by atoms with Gasteiger partial charge >= 0.3 is 5.97 Å². The molecule has 5 atom stereocenters. The van der Waals surface area contributed by atoms with E-state index in [9.17, 15) is 9.59 Å². The van der Waals surface area contributed by atoms with Gasteiger partial charge in [-0.3, -0.25) is 4.79 Å². The van der Waals surface area contributed by atoms with Gasteiger partial charge in [0.05, 0.1) is 5.92 Å². The van der Waals surface area contributed by atoms with Crippen LogP contribution in [0.3, 0.4) is 0 Å². The molecule has 0 aromatic rings. The zero-order valence-electron chi connectivity index (χ0n) is 21.6. The van der Waals surface area contributed by atoms with Crippen molar-refractivity contribution in [2.75, 3.05) is 7.11 Å². The van der Waals surface area contributed by atoms with E-state index in [2.05, 4.69) is 0 Å². The van der Waals surface area contributed by atoms with Crippen LogP contribution in [0.5, 0.6) is 0 Å². The molecule has 2 aliphatic rings. The Morgan fingerprint density at radius 2 is 1.85 bits per heavy atom. The van der Waals surface area contributed by atoms with E-state index >= 15 is 4.39 Å². The first-order valence-electron chi connectivity index (χ1n) is 13.2. The highest BCUT2D eigenvalue weighted by Gasteiger charge is 2.30. The predicted molar refractivity (Wildman–Crippen MR) is 135 cm³/mol. The number of Topliss-reactive ketones (excluding diaryl/α,β-unsaturated/α-hetero) is 1. The number of ketones is 1. The molecule has 1 heterocycles. The van der Waals surface area contributed by atoms with Crippen LogP contribution in [0, 0.1) is 17.8 Å². The Morgan fingerprint density at radius 1 is 1.18 bits per heavy atom. The van der Waals surface area contributed by atoms with Crippen LogP contribution in [0.1, 0.15) is 91.4 Å². The van der Waals surface area contributed by atoms with Gasteiger partial charge < -0.3 is 9.47 Å².